The second-order valence-corrected chi connectivity index (χ2v) is 4.26. The normalized spacial score (nSPS) is 12.2. The van der Waals surface area contributed by atoms with Crippen LogP contribution < -0.4 is 20.1 Å². The molecule has 1 aromatic rings. The number of ether oxygens (including phenoxy) is 2. The van der Waals surface area contributed by atoms with E-state index < -0.39 is 0 Å². The first-order chi connectivity index (χ1) is 9.79. The molecule has 0 unspecified atom stereocenters. The van der Waals surface area contributed by atoms with E-state index in [4.69, 9.17) is 9.47 Å². The van der Waals surface area contributed by atoms with E-state index >= 15 is 0 Å². The molecular formula is C15H18N2O3. The van der Waals surface area contributed by atoms with Gasteiger partial charge in [-0.05, 0) is 19.1 Å². The van der Waals surface area contributed by atoms with E-state index in [1.807, 2.05) is 0 Å². The van der Waals surface area contributed by atoms with Crippen molar-refractivity contribution in [3.63, 3.8) is 0 Å². The van der Waals surface area contributed by atoms with Crippen molar-refractivity contribution in [3.05, 3.63) is 18.2 Å². The highest BCUT2D eigenvalue weighted by molar-refractivity contribution is 5.92. The predicted octanol–water partition coefficient (Wildman–Crippen LogP) is 1.40. The van der Waals surface area contributed by atoms with E-state index in [2.05, 4.69) is 22.5 Å². The minimum atomic E-state index is -0.0915. The smallest absolute Gasteiger partial charge is 0.238 e. The van der Waals surface area contributed by atoms with Gasteiger partial charge in [0.15, 0.2) is 11.5 Å². The third kappa shape index (κ3) is 4.18. The number of rotatable bonds is 5. The Hall–Kier alpha value is -2.19. The molecule has 1 aromatic carbocycles. The first kappa shape index (κ1) is 14.2. The summed E-state index contributed by atoms with van der Waals surface area (Å²) in [4.78, 5) is 11.7. The van der Waals surface area contributed by atoms with E-state index in [1.165, 1.54) is 0 Å². The molecule has 1 aliphatic heterocycles. The third-order valence-electron chi connectivity index (χ3n) is 2.72. The molecule has 0 spiro atoms. The molecule has 1 aliphatic rings. The molecule has 5 nitrogen and oxygen atoms in total. The molecule has 5 heteroatoms. The molecule has 2 N–H and O–H groups in total. The van der Waals surface area contributed by atoms with Gasteiger partial charge in [-0.1, -0.05) is 0 Å². The number of benzene rings is 1. The second-order valence-electron chi connectivity index (χ2n) is 4.26. The Morgan fingerprint density at radius 2 is 2.10 bits per heavy atom. The van der Waals surface area contributed by atoms with Crippen molar-refractivity contribution >= 4 is 11.6 Å². The molecule has 1 heterocycles. The minimum Gasteiger partial charge on any atom is -0.486 e. The SMILES string of the molecule is CC#CCCNCC(=O)Nc1ccc2c(c1)OCCO2. The summed E-state index contributed by atoms with van der Waals surface area (Å²) in [6.45, 7) is 3.86. The minimum absolute atomic E-state index is 0.0915. The third-order valence-corrected chi connectivity index (χ3v) is 2.72. The summed E-state index contributed by atoms with van der Waals surface area (Å²) >= 11 is 0. The topological polar surface area (TPSA) is 59.6 Å². The molecule has 0 bridgehead atoms. The Morgan fingerprint density at radius 1 is 1.30 bits per heavy atom. The number of nitrogens with one attached hydrogen (secondary N) is 2. The van der Waals surface area contributed by atoms with Gasteiger partial charge in [-0.15, -0.1) is 11.8 Å². The summed E-state index contributed by atoms with van der Waals surface area (Å²) in [7, 11) is 0. The van der Waals surface area contributed by atoms with Crippen LogP contribution >= 0.6 is 0 Å². The highest BCUT2D eigenvalue weighted by Gasteiger charge is 2.12. The lowest BCUT2D eigenvalue weighted by Crippen LogP contribution is -2.28. The van der Waals surface area contributed by atoms with Gasteiger partial charge in [-0.3, -0.25) is 4.79 Å². The van der Waals surface area contributed by atoms with Crippen molar-refractivity contribution in [1.29, 1.82) is 0 Å². The van der Waals surface area contributed by atoms with Crippen LogP contribution in [0.4, 0.5) is 5.69 Å². The first-order valence-electron chi connectivity index (χ1n) is 6.59. The van der Waals surface area contributed by atoms with Gasteiger partial charge < -0.3 is 20.1 Å². The molecule has 0 saturated carbocycles. The molecular weight excluding hydrogens is 256 g/mol. The van der Waals surface area contributed by atoms with Gasteiger partial charge in [-0.25, -0.2) is 0 Å². The quantitative estimate of drug-likeness (QED) is 0.629. The Bertz CT molecular complexity index is 532. The second kappa shape index (κ2) is 7.41. The summed E-state index contributed by atoms with van der Waals surface area (Å²) in [6.07, 6.45) is 0.744. The van der Waals surface area contributed by atoms with Crippen LogP contribution in [0.1, 0.15) is 13.3 Å². The molecule has 0 saturated heterocycles. The Labute approximate surface area is 118 Å². The molecule has 20 heavy (non-hydrogen) atoms. The average molecular weight is 274 g/mol. The van der Waals surface area contributed by atoms with E-state index in [1.54, 1.807) is 25.1 Å². The maximum atomic E-state index is 11.7. The number of hydrogen-bond donors (Lipinski definition) is 2. The highest BCUT2D eigenvalue weighted by atomic mass is 16.6. The fraction of sp³-hybridized carbons (Fsp3) is 0.400. The number of fused-ring (bicyclic) bond motifs is 1. The fourth-order valence-electron chi connectivity index (χ4n) is 1.80. The van der Waals surface area contributed by atoms with E-state index in [0.29, 0.717) is 36.9 Å². The van der Waals surface area contributed by atoms with Crippen molar-refractivity contribution in [2.24, 2.45) is 0 Å². The van der Waals surface area contributed by atoms with Crippen LogP contribution in [0, 0.1) is 11.8 Å². The van der Waals surface area contributed by atoms with Gasteiger partial charge in [0.25, 0.3) is 0 Å². The fourth-order valence-corrected chi connectivity index (χ4v) is 1.80. The molecule has 106 valence electrons. The van der Waals surface area contributed by atoms with Crippen molar-refractivity contribution < 1.29 is 14.3 Å². The standard InChI is InChI=1S/C15H18N2O3/c1-2-3-4-7-16-11-15(18)17-12-5-6-13-14(10-12)20-9-8-19-13/h5-6,10,16H,4,7-9,11H2,1H3,(H,17,18). The maximum Gasteiger partial charge on any atom is 0.238 e. The lowest BCUT2D eigenvalue weighted by atomic mass is 10.2. The molecule has 0 aromatic heterocycles. The van der Waals surface area contributed by atoms with Gasteiger partial charge in [0.1, 0.15) is 13.2 Å². The van der Waals surface area contributed by atoms with Crippen LogP contribution in [0.25, 0.3) is 0 Å². The number of carbonyl (C=O) groups excluding carboxylic acids is 1. The number of amides is 1. The lowest BCUT2D eigenvalue weighted by Gasteiger charge is -2.19. The molecule has 1 amide bonds. The van der Waals surface area contributed by atoms with E-state index in [9.17, 15) is 4.79 Å². The summed E-state index contributed by atoms with van der Waals surface area (Å²) in [5.74, 6) is 7.03. The largest absolute Gasteiger partial charge is 0.486 e. The van der Waals surface area contributed by atoms with Crippen LogP contribution in [0.3, 0.4) is 0 Å². The summed E-state index contributed by atoms with van der Waals surface area (Å²) in [6, 6.07) is 5.37. The highest BCUT2D eigenvalue weighted by Crippen LogP contribution is 2.32. The maximum absolute atomic E-state index is 11.7. The Kier molecular flexibility index (Phi) is 5.27. The van der Waals surface area contributed by atoms with Crippen LogP contribution in [0.5, 0.6) is 11.5 Å². The summed E-state index contributed by atoms with van der Waals surface area (Å²) < 4.78 is 10.9. The van der Waals surface area contributed by atoms with Crippen LogP contribution in [-0.2, 0) is 4.79 Å². The molecule has 0 aliphatic carbocycles. The predicted molar refractivity (Wildman–Crippen MR) is 77.0 cm³/mol. The van der Waals surface area contributed by atoms with Gasteiger partial charge in [0.2, 0.25) is 5.91 Å². The van der Waals surface area contributed by atoms with Crippen molar-refractivity contribution in [1.82, 2.24) is 5.32 Å². The number of carbonyl (C=O) groups is 1. The molecule has 0 fully saturated rings. The van der Waals surface area contributed by atoms with E-state index in [0.717, 1.165) is 6.42 Å². The van der Waals surface area contributed by atoms with Gasteiger partial charge >= 0.3 is 0 Å². The monoisotopic (exact) mass is 274 g/mol. The average Bonchev–Trinajstić information content (AvgIpc) is 2.47. The zero-order valence-corrected chi connectivity index (χ0v) is 11.5. The van der Waals surface area contributed by atoms with Gasteiger partial charge in [0.05, 0.1) is 6.54 Å². The summed E-state index contributed by atoms with van der Waals surface area (Å²) in [5, 5.41) is 5.84. The number of hydrogen-bond acceptors (Lipinski definition) is 4. The lowest BCUT2D eigenvalue weighted by molar-refractivity contribution is -0.115. The molecule has 0 atom stereocenters. The van der Waals surface area contributed by atoms with Crippen molar-refractivity contribution in [3.8, 4) is 23.3 Å². The molecule has 2 rings (SSSR count). The van der Waals surface area contributed by atoms with Crippen molar-refractivity contribution in [2.75, 3.05) is 31.6 Å². The zero-order valence-electron chi connectivity index (χ0n) is 11.5. The Morgan fingerprint density at radius 3 is 2.90 bits per heavy atom. The van der Waals surface area contributed by atoms with Gasteiger partial charge in [0, 0.05) is 24.7 Å². The first-order valence-corrected chi connectivity index (χ1v) is 6.59. The number of anilines is 1. The van der Waals surface area contributed by atoms with Crippen LogP contribution in [-0.4, -0.2) is 32.2 Å². The molecule has 0 radical (unpaired) electrons. The van der Waals surface area contributed by atoms with E-state index in [-0.39, 0.29) is 12.5 Å². The van der Waals surface area contributed by atoms with Gasteiger partial charge in [-0.2, -0.15) is 0 Å². The van der Waals surface area contributed by atoms with Crippen LogP contribution in [0.2, 0.25) is 0 Å². The Balaban J connectivity index is 1.80. The zero-order chi connectivity index (χ0) is 14.2. The van der Waals surface area contributed by atoms with Crippen molar-refractivity contribution in [2.45, 2.75) is 13.3 Å². The van der Waals surface area contributed by atoms with Crippen LogP contribution in [0.15, 0.2) is 18.2 Å². The summed E-state index contributed by atoms with van der Waals surface area (Å²) in [5.41, 5.74) is 0.703.